The Morgan fingerprint density at radius 1 is 1.12 bits per heavy atom. The van der Waals surface area contributed by atoms with E-state index < -0.39 is 23.7 Å². The van der Waals surface area contributed by atoms with E-state index in [0.29, 0.717) is 17.0 Å². The number of ether oxygens (including phenoxy) is 2. The first-order chi connectivity index (χ1) is 16.3. The zero-order chi connectivity index (χ0) is 24.6. The van der Waals surface area contributed by atoms with Gasteiger partial charge < -0.3 is 19.7 Å². The fraction of sp³-hybridized carbons (Fsp3) is 0.167. The first-order valence-electron chi connectivity index (χ1n) is 10.1. The number of thiazole rings is 1. The first kappa shape index (κ1) is 23.0. The molecule has 34 heavy (non-hydrogen) atoms. The summed E-state index contributed by atoms with van der Waals surface area (Å²) in [6.45, 7) is 1.59. The van der Waals surface area contributed by atoms with Gasteiger partial charge in [-0.25, -0.2) is 9.78 Å². The summed E-state index contributed by atoms with van der Waals surface area (Å²) in [5, 5.41) is 21.0. The maximum Gasteiger partial charge on any atom is 0.350 e. The largest absolute Gasteiger partial charge is 0.508 e. The van der Waals surface area contributed by atoms with E-state index in [0.717, 1.165) is 16.2 Å². The van der Waals surface area contributed by atoms with E-state index in [1.807, 2.05) is 0 Å². The predicted octanol–water partition coefficient (Wildman–Crippen LogP) is 3.58. The van der Waals surface area contributed by atoms with Crippen molar-refractivity contribution in [2.75, 3.05) is 19.1 Å². The molecule has 9 nitrogen and oxygen atoms in total. The predicted molar refractivity (Wildman–Crippen MR) is 124 cm³/mol. The van der Waals surface area contributed by atoms with Crippen molar-refractivity contribution in [3.63, 3.8) is 0 Å². The lowest BCUT2D eigenvalue weighted by Crippen LogP contribution is -2.29. The number of nitrogens with zero attached hydrogens (tertiary/aromatic N) is 2. The van der Waals surface area contributed by atoms with Crippen molar-refractivity contribution in [1.29, 1.82) is 0 Å². The molecule has 1 aliphatic rings. The summed E-state index contributed by atoms with van der Waals surface area (Å²) in [6, 6.07) is 11.3. The highest BCUT2D eigenvalue weighted by atomic mass is 32.1. The van der Waals surface area contributed by atoms with Crippen LogP contribution in [0.2, 0.25) is 0 Å². The number of carbonyl (C=O) groups is 3. The number of aliphatic hydroxyl groups is 1. The van der Waals surface area contributed by atoms with Crippen LogP contribution in [-0.4, -0.2) is 47.1 Å². The maximum absolute atomic E-state index is 13.2. The van der Waals surface area contributed by atoms with Gasteiger partial charge in [0.15, 0.2) is 5.13 Å². The van der Waals surface area contributed by atoms with Crippen LogP contribution in [0.5, 0.6) is 11.5 Å². The minimum Gasteiger partial charge on any atom is -0.508 e. The Bertz CT molecular complexity index is 1330. The lowest BCUT2D eigenvalue weighted by molar-refractivity contribution is -0.132. The molecule has 174 valence electrons. The number of esters is 1. The summed E-state index contributed by atoms with van der Waals surface area (Å²) in [5.74, 6) is -2.38. The smallest absolute Gasteiger partial charge is 0.350 e. The molecule has 0 saturated carbocycles. The summed E-state index contributed by atoms with van der Waals surface area (Å²) < 4.78 is 9.98. The molecule has 1 atom stereocenters. The zero-order valence-corrected chi connectivity index (χ0v) is 19.3. The Morgan fingerprint density at radius 2 is 1.82 bits per heavy atom. The Hall–Kier alpha value is -4.18. The zero-order valence-electron chi connectivity index (χ0n) is 18.4. The van der Waals surface area contributed by atoms with Gasteiger partial charge in [0.2, 0.25) is 0 Å². The second-order valence-electron chi connectivity index (χ2n) is 7.40. The Morgan fingerprint density at radius 3 is 2.47 bits per heavy atom. The SMILES string of the molecule is COC(=O)c1sc(N2C(=O)C(=O)/C(=C(/O)c3cccc(OC)c3)[C@H]2c2ccc(O)cc2)nc1C. The quantitative estimate of drug-likeness (QED) is 0.246. The maximum atomic E-state index is 13.2. The van der Waals surface area contributed by atoms with E-state index in [1.54, 1.807) is 43.3 Å². The normalized spacial score (nSPS) is 17.1. The summed E-state index contributed by atoms with van der Waals surface area (Å²) in [7, 11) is 2.70. The number of hydrogen-bond acceptors (Lipinski definition) is 9. The molecule has 2 heterocycles. The lowest BCUT2D eigenvalue weighted by Gasteiger charge is -2.23. The third-order valence-corrected chi connectivity index (χ3v) is 6.50. The van der Waals surface area contributed by atoms with Gasteiger partial charge in [0.25, 0.3) is 5.78 Å². The number of anilines is 1. The van der Waals surface area contributed by atoms with Crippen molar-refractivity contribution in [2.24, 2.45) is 0 Å². The minimum absolute atomic E-state index is 0.00781. The average molecular weight is 480 g/mol. The van der Waals surface area contributed by atoms with Gasteiger partial charge in [0, 0.05) is 5.56 Å². The fourth-order valence-electron chi connectivity index (χ4n) is 3.70. The van der Waals surface area contributed by atoms with Gasteiger partial charge in [-0.3, -0.25) is 14.5 Å². The Kier molecular flexibility index (Phi) is 6.08. The highest BCUT2D eigenvalue weighted by molar-refractivity contribution is 7.17. The topological polar surface area (TPSA) is 126 Å². The van der Waals surface area contributed by atoms with Gasteiger partial charge in [-0.1, -0.05) is 35.6 Å². The minimum atomic E-state index is -1.05. The molecule has 10 heteroatoms. The molecule has 0 bridgehead atoms. The number of amides is 1. The van der Waals surface area contributed by atoms with Crippen molar-refractivity contribution in [1.82, 2.24) is 4.98 Å². The summed E-state index contributed by atoms with van der Waals surface area (Å²) in [6.07, 6.45) is 0. The number of aromatic hydroxyl groups is 1. The van der Waals surface area contributed by atoms with E-state index in [4.69, 9.17) is 9.47 Å². The number of aromatic nitrogens is 1. The van der Waals surface area contributed by atoms with Gasteiger partial charge in [-0.15, -0.1) is 0 Å². The van der Waals surface area contributed by atoms with Gasteiger partial charge in [0.1, 0.15) is 22.1 Å². The molecule has 1 fully saturated rings. The van der Waals surface area contributed by atoms with E-state index >= 15 is 0 Å². The van der Waals surface area contributed by atoms with Crippen molar-refractivity contribution >= 4 is 39.9 Å². The number of phenols is 1. The van der Waals surface area contributed by atoms with Crippen LogP contribution in [0.15, 0.2) is 54.1 Å². The van der Waals surface area contributed by atoms with Crippen LogP contribution in [0.1, 0.15) is 32.5 Å². The van der Waals surface area contributed by atoms with E-state index in [-0.39, 0.29) is 32.7 Å². The fourth-order valence-corrected chi connectivity index (χ4v) is 4.71. The number of hydrogen-bond donors (Lipinski definition) is 2. The molecule has 1 aromatic heterocycles. The third kappa shape index (κ3) is 3.88. The van der Waals surface area contributed by atoms with Crippen molar-refractivity contribution in [2.45, 2.75) is 13.0 Å². The van der Waals surface area contributed by atoms with Crippen molar-refractivity contribution in [3.8, 4) is 11.5 Å². The number of aryl methyl sites for hydroxylation is 1. The molecule has 1 saturated heterocycles. The average Bonchev–Trinajstić information content (AvgIpc) is 3.35. The molecule has 0 radical (unpaired) electrons. The lowest BCUT2D eigenvalue weighted by atomic mass is 9.95. The van der Waals surface area contributed by atoms with E-state index in [2.05, 4.69) is 4.98 Å². The number of Topliss-reactive ketones (excluding diaryl/α,β-unsaturated/α-hetero) is 1. The molecule has 4 rings (SSSR count). The van der Waals surface area contributed by atoms with Crippen LogP contribution in [-0.2, 0) is 14.3 Å². The highest BCUT2D eigenvalue weighted by Gasteiger charge is 2.48. The molecular weight excluding hydrogens is 460 g/mol. The number of phenolic OH excluding ortho intramolecular Hbond substituents is 1. The number of carbonyl (C=O) groups excluding carboxylic acids is 3. The van der Waals surface area contributed by atoms with E-state index in [9.17, 15) is 24.6 Å². The van der Waals surface area contributed by atoms with Gasteiger partial charge in [0.05, 0.1) is 31.5 Å². The molecule has 0 spiro atoms. The van der Waals surface area contributed by atoms with Crippen LogP contribution < -0.4 is 9.64 Å². The molecule has 0 unspecified atom stereocenters. The van der Waals surface area contributed by atoms with Gasteiger partial charge in [-0.05, 0) is 36.8 Å². The standard InChI is InChI=1S/C24H20N2O7S/c1-12-21(23(31)33-3)34-24(25-12)26-18(13-7-9-15(27)10-8-13)17(20(29)22(26)30)19(28)14-5-4-6-16(11-14)32-2/h4-11,18,27-28H,1-3H3/b19-17+/t18-/m1/s1. The van der Waals surface area contributed by atoms with Gasteiger partial charge in [-0.2, -0.15) is 0 Å². The molecule has 2 aromatic carbocycles. The number of benzene rings is 2. The number of methoxy groups -OCH3 is 2. The number of aliphatic hydroxyl groups excluding tert-OH is 1. The van der Waals surface area contributed by atoms with E-state index in [1.165, 1.54) is 26.4 Å². The Balaban J connectivity index is 1.93. The monoisotopic (exact) mass is 480 g/mol. The molecule has 0 aliphatic carbocycles. The Labute approximate surface area is 198 Å². The molecule has 1 aliphatic heterocycles. The van der Waals surface area contributed by atoms with Crippen LogP contribution >= 0.6 is 11.3 Å². The van der Waals surface area contributed by atoms with Crippen LogP contribution in [0.4, 0.5) is 5.13 Å². The summed E-state index contributed by atoms with van der Waals surface area (Å²) in [4.78, 5) is 44.1. The van der Waals surface area contributed by atoms with Crippen molar-refractivity contribution < 1.29 is 34.1 Å². The van der Waals surface area contributed by atoms with Crippen molar-refractivity contribution in [3.05, 3.63) is 75.8 Å². The highest BCUT2D eigenvalue weighted by Crippen LogP contribution is 2.44. The third-order valence-electron chi connectivity index (χ3n) is 5.36. The second-order valence-corrected chi connectivity index (χ2v) is 8.37. The molecule has 2 N–H and O–H groups in total. The molecular formula is C24H20N2O7S. The second kappa shape index (κ2) is 8.99. The summed E-state index contributed by atoms with van der Waals surface area (Å²) >= 11 is 0.906. The number of ketones is 1. The van der Waals surface area contributed by atoms with Crippen LogP contribution in [0.3, 0.4) is 0 Å². The van der Waals surface area contributed by atoms with Crippen LogP contribution in [0.25, 0.3) is 5.76 Å². The first-order valence-corrected chi connectivity index (χ1v) is 10.9. The molecule has 1 amide bonds. The molecule has 3 aromatic rings. The number of rotatable bonds is 5. The van der Waals surface area contributed by atoms with Crippen LogP contribution in [0, 0.1) is 6.92 Å². The van der Waals surface area contributed by atoms with Gasteiger partial charge >= 0.3 is 11.9 Å². The summed E-state index contributed by atoms with van der Waals surface area (Å²) in [5.41, 5.74) is 0.919.